The number of thiophene rings is 1. The summed E-state index contributed by atoms with van der Waals surface area (Å²) in [6.45, 7) is 1.66. The average molecular weight is 398 g/mol. The molecule has 0 unspecified atom stereocenters. The van der Waals surface area contributed by atoms with Crippen molar-refractivity contribution >= 4 is 28.9 Å². The predicted molar refractivity (Wildman–Crippen MR) is 101 cm³/mol. The highest BCUT2D eigenvalue weighted by atomic mass is 32.1. The lowest BCUT2D eigenvalue weighted by Gasteiger charge is -2.43. The van der Waals surface area contributed by atoms with Gasteiger partial charge in [0.05, 0.1) is 12.2 Å². The Kier molecular flexibility index (Phi) is 3.95. The van der Waals surface area contributed by atoms with E-state index >= 15 is 0 Å². The fourth-order valence-corrected chi connectivity index (χ4v) is 5.17. The molecule has 1 fully saturated rings. The second-order valence-corrected chi connectivity index (χ2v) is 8.23. The number of aromatic nitrogens is 3. The lowest BCUT2D eigenvalue weighted by atomic mass is 9.82. The molecule has 1 amide bonds. The van der Waals surface area contributed by atoms with Crippen molar-refractivity contribution in [2.45, 2.75) is 24.9 Å². The third-order valence-electron chi connectivity index (χ3n) is 5.53. The van der Waals surface area contributed by atoms with Crippen molar-refractivity contribution in [3.8, 4) is 0 Å². The fraction of sp³-hybridized carbons (Fsp3) is 0.368. The van der Waals surface area contributed by atoms with E-state index < -0.39 is 11.6 Å². The first-order valence-corrected chi connectivity index (χ1v) is 9.97. The zero-order chi connectivity index (χ0) is 19.3. The molecule has 3 aromatic rings. The Morgan fingerprint density at radius 1 is 1.25 bits per heavy atom. The molecule has 144 valence electrons. The smallest absolute Gasteiger partial charge is 0.345 e. The number of ether oxygens (including phenoxy) is 1. The van der Waals surface area contributed by atoms with Crippen LogP contribution in [0.15, 0.2) is 30.6 Å². The number of rotatable bonds is 2. The van der Waals surface area contributed by atoms with Crippen molar-refractivity contribution in [1.82, 2.24) is 19.5 Å². The number of aromatic carboxylic acids is 1. The summed E-state index contributed by atoms with van der Waals surface area (Å²) in [6.07, 6.45) is 5.46. The van der Waals surface area contributed by atoms with Gasteiger partial charge in [0.2, 0.25) is 0 Å². The van der Waals surface area contributed by atoms with E-state index in [0.29, 0.717) is 48.8 Å². The zero-order valence-electron chi connectivity index (χ0n) is 15.0. The Hall–Kier alpha value is -2.78. The Balaban J connectivity index is 1.36. The number of carboxylic acids is 1. The molecular weight excluding hydrogens is 380 g/mol. The maximum Gasteiger partial charge on any atom is 0.345 e. The van der Waals surface area contributed by atoms with Gasteiger partial charge >= 0.3 is 5.97 Å². The zero-order valence-corrected chi connectivity index (χ0v) is 15.8. The quantitative estimate of drug-likeness (QED) is 0.711. The van der Waals surface area contributed by atoms with Crippen molar-refractivity contribution in [2.24, 2.45) is 0 Å². The van der Waals surface area contributed by atoms with Gasteiger partial charge in [0.15, 0.2) is 11.3 Å². The molecule has 9 heteroatoms. The minimum Gasteiger partial charge on any atom is -0.477 e. The number of carbonyl (C=O) groups excluding carboxylic acids is 1. The molecule has 1 spiro atoms. The van der Waals surface area contributed by atoms with Crippen molar-refractivity contribution < 1.29 is 19.4 Å². The molecular formula is C19H18N4O4S. The van der Waals surface area contributed by atoms with Gasteiger partial charge in [-0.2, -0.15) is 5.10 Å². The van der Waals surface area contributed by atoms with Crippen LogP contribution in [-0.2, 0) is 16.8 Å². The van der Waals surface area contributed by atoms with E-state index in [0.717, 1.165) is 16.9 Å². The lowest BCUT2D eigenvalue weighted by Crippen LogP contribution is -2.48. The first-order valence-electron chi connectivity index (χ1n) is 9.16. The third kappa shape index (κ3) is 2.70. The van der Waals surface area contributed by atoms with Crippen LogP contribution in [-0.4, -0.2) is 56.2 Å². The van der Waals surface area contributed by atoms with Gasteiger partial charge < -0.3 is 14.7 Å². The van der Waals surface area contributed by atoms with E-state index in [1.54, 1.807) is 40.0 Å². The van der Waals surface area contributed by atoms with Crippen molar-refractivity contribution in [2.75, 3.05) is 19.7 Å². The van der Waals surface area contributed by atoms with Crippen molar-refractivity contribution in [1.29, 1.82) is 0 Å². The molecule has 0 radical (unpaired) electrons. The second kappa shape index (κ2) is 6.39. The maximum absolute atomic E-state index is 12.9. The van der Waals surface area contributed by atoms with Crippen LogP contribution in [0.25, 0.3) is 5.65 Å². The Labute approximate surface area is 164 Å². The molecule has 2 aliphatic rings. The van der Waals surface area contributed by atoms with Gasteiger partial charge in [0, 0.05) is 42.8 Å². The molecule has 0 aliphatic carbocycles. The Bertz CT molecular complexity index is 1050. The van der Waals surface area contributed by atoms with E-state index in [9.17, 15) is 14.7 Å². The van der Waals surface area contributed by atoms with E-state index in [-0.39, 0.29) is 5.91 Å². The number of fused-ring (bicyclic) bond motifs is 3. The van der Waals surface area contributed by atoms with Crippen LogP contribution in [0.3, 0.4) is 0 Å². The molecule has 0 saturated carbocycles. The summed E-state index contributed by atoms with van der Waals surface area (Å²) in [4.78, 5) is 31.7. The average Bonchev–Trinajstić information content (AvgIpc) is 3.33. The fourth-order valence-electron chi connectivity index (χ4n) is 4.10. The summed E-state index contributed by atoms with van der Waals surface area (Å²) >= 11 is 1.34. The normalized spacial score (nSPS) is 18.4. The summed E-state index contributed by atoms with van der Waals surface area (Å²) in [5.74, 6) is -1.02. The molecule has 2 aliphatic heterocycles. The van der Waals surface area contributed by atoms with Gasteiger partial charge in [-0.25, -0.2) is 14.3 Å². The number of likely N-dealkylation sites (tertiary alicyclic amines) is 1. The maximum atomic E-state index is 12.9. The molecule has 0 atom stereocenters. The van der Waals surface area contributed by atoms with Gasteiger partial charge in [0.1, 0.15) is 4.88 Å². The number of hydrogen-bond acceptors (Lipinski definition) is 6. The summed E-state index contributed by atoms with van der Waals surface area (Å²) in [5.41, 5.74) is 1.52. The Morgan fingerprint density at radius 2 is 2.07 bits per heavy atom. The van der Waals surface area contributed by atoms with E-state index in [4.69, 9.17) is 4.74 Å². The van der Waals surface area contributed by atoms with Crippen LogP contribution in [0.2, 0.25) is 0 Å². The molecule has 0 bridgehead atoms. The topological polar surface area (TPSA) is 97.0 Å². The van der Waals surface area contributed by atoms with Crippen molar-refractivity contribution in [3.63, 3.8) is 0 Å². The molecule has 0 aromatic carbocycles. The molecule has 1 saturated heterocycles. The first-order chi connectivity index (χ1) is 13.6. The lowest BCUT2D eigenvalue weighted by molar-refractivity contribution is -0.0927. The molecule has 28 heavy (non-hydrogen) atoms. The van der Waals surface area contributed by atoms with Gasteiger partial charge in [-0.15, -0.1) is 11.3 Å². The largest absolute Gasteiger partial charge is 0.477 e. The summed E-state index contributed by atoms with van der Waals surface area (Å²) in [7, 11) is 0. The number of piperidine rings is 1. The van der Waals surface area contributed by atoms with Gasteiger partial charge in [0.25, 0.3) is 5.91 Å². The summed E-state index contributed by atoms with van der Waals surface area (Å²) in [6, 6.07) is 5.22. The molecule has 5 rings (SSSR count). The summed E-state index contributed by atoms with van der Waals surface area (Å²) < 4.78 is 7.75. The Morgan fingerprint density at radius 3 is 2.82 bits per heavy atom. The molecule has 5 heterocycles. The standard InChI is InChI=1S/C19H18N4O4S/c24-17(13-11-16-20-5-1-6-23(16)21-13)22-7-3-19(4-8-22)12-10-15(18(25)26)28-14(12)2-9-27-19/h1,5-6,10-11H,2-4,7-9H2,(H,25,26). The van der Waals surface area contributed by atoms with Gasteiger partial charge in [-0.1, -0.05) is 0 Å². The number of carboxylic acid groups (broad SMARTS) is 1. The number of nitrogens with zero attached hydrogens (tertiary/aromatic N) is 4. The number of amides is 1. The van der Waals surface area contributed by atoms with Crippen LogP contribution in [0, 0.1) is 0 Å². The number of hydrogen-bond donors (Lipinski definition) is 1. The van der Waals surface area contributed by atoms with Crippen LogP contribution >= 0.6 is 11.3 Å². The van der Waals surface area contributed by atoms with Crippen LogP contribution < -0.4 is 0 Å². The monoisotopic (exact) mass is 398 g/mol. The molecule has 8 nitrogen and oxygen atoms in total. The van der Waals surface area contributed by atoms with E-state index in [1.807, 2.05) is 0 Å². The minimum absolute atomic E-state index is 0.118. The van der Waals surface area contributed by atoms with E-state index in [1.165, 1.54) is 11.3 Å². The summed E-state index contributed by atoms with van der Waals surface area (Å²) in [5, 5.41) is 13.6. The van der Waals surface area contributed by atoms with Crippen LogP contribution in [0.1, 0.15) is 43.4 Å². The molecule has 3 aromatic heterocycles. The first kappa shape index (κ1) is 17.3. The van der Waals surface area contributed by atoms with Gasteiger partial charge in [-0.05, 0) is 30.5 Å². The highest BCUT2D eigenvalue weighted by molar-refractivity contribution is 7.14. The van der Waals surface area contributed by atoms with Crippen LogP contribution in [0.5, 0.6) is 0 Å². The van der Waals surface area contributed by atoms with Crippen LogP contribution in [0.4, 0.5) is 0 Å². The highest BCUT2D eigenvalue weighted by Crippen LogP contribution is 2.44. The number of carbonyl (C=O) groups is 2. The predicted octanol–water partition coefficient (Wildman–Crippen LogP) is 2.19. The van der Waals surface area contributed by atoms with Gasteiger partial charge in [-0.3, -0.25) is 4.79 Å². The third-order valence-corrected chi connectivity index (χ3v) is 6.71. The second-order valence-electron chi connectivity index (χ2n) is 7.09. The van der Waals surface area contributed by atoms with Crippen molar-refractivity contribution in [3.05, 3.63) is 51.6 Å². The SMILES string of the molecule is O=C(O)c1cc2c(s1)CCOC21CCN(C(=O)c2cc3ncccn3n2)CC1. The van der Waals surface area contributed by atoms with E-state index in [2.05, 4.69) is 10.1 Å². The highest BCUT2D eigenvalue weighted by Gasteiger charge is 2.43. The molecule has 1 N–H and O–H groups in total. The minimum atomic E-state index is -0.900.